The smallest absolute Gasteiger partial charge is 0.228 e. The Labute approximate surface area is 155 Å². The molecule has 0 fully saturated rings. The predicted molar refractivity (Wildman–Crippen MR) is 99.3 cm³/mol. The lowest BCUT2D eigenvalue weighted by Gasteiger charge is -2.24. The Morgan fingerprint density at radius 2 is 1.72 bits per heavy atom. The molecule has 0 N–H and O–H groups in total. The molecule has 1 amide bonds. The number of rotatable bonds is 5. The van der Waals surface area contributed by atoms with Crippen molar-refractivity contribution in [3.05, 3.63) is 75.4 Å². The summed E-state index contributed by atoms with van der Waals surface area (Å²) in [6.45, 7) is 2.83. The molecule has 0 heterocycles. The molecule has 4 nitrogen and oxygen atoms in total. The molecule has 0 spiro atoms. The Balaban J connectivity index is 2.63. The van der Waals surface area contributed by atoms with Crippen LogP contribution in [-0.4, -0.2) is 18.0 Å². The summed E-state index contributed by atoms with van der Waals surface area (Å²) in [5, 5.41) is 0.539. The molecule has 0 aliphatic carbocycles. The fourth-order valence-corrected chi connectivity index (χ4v) is 2.78. The van der Waals surface area contributed by atoms with Crippen molar-refractivity contribution in [2.45, 2.75) is 13.8 Å². The molecule has 0 aliphatic heterocycles. The second-order valence-corrected chi connectivity index (χ2v) is 6.25. The van der Waals surface area contributed by atoms with E-state index < -0.39 is 11.7 Å². The number of ketones is 1. The fourth-order valence-electron chi connectivity index (χ4n) is 2.43. The minimum atomic E-state index is -0.523. The molecular weight excluding hydrogens is 361 g/mol. The van der Waals surface area contributed by atoms with E-state index in [-0.39, 0.29) is 21.9 Å². The van der Waals surface area contributed by atoms with Crippen LogP contribution in [0, 0.1) is 0 Å². The minimum absolute atomic E-state index is 0.0225. The van der Waals surface area contributed by atoms with Gasteiger partial charge in [-0.15, -0.1) is 0 Å². The fraction of sp³-hybridized carbons (Fsp3) is 0.105. The minimum Gasteiger partial charge on any atom is -0.298 e. The third-order valence-corrected chi connectivity index (χ3v) is 3.89. The first-order valence-corrected chi connectivity index (χ1v) is 8.14. The van der Waals surface area contributed by atoms with Crippen LogP contribution < -0.4 is 4.90 Å². The zero-order chi connectivity index (χ0) is 18.6. The number of amides is 1. The largest absolute Gasteiger partial charge is 0.298 e. The van der Waals surface area contributed by atoms with Crippen molar-refractivity contribution >= 4 is 46.9 Å². The van der Waals surface area contributed by atoms with Gasteiger partial charge in [-0.1, -0.05) is 53.5 Å². The van der Waals surface area contributed by atoms with Crippen molar-refractivity contribution in [2.24, 2.45) is 0 Å². The Bertz CT molecular complexity index is 870. The second kappa shape index (κ2) is 8.10. The quantitative estimate of drug-likeness (QED) is 0.426. The molecule has 2 rings (SSSR count). The molecule has 0 bridgehead atoms. The van der Waals surface area contributed by atoms with E-state index in [1.807, 2.05) is 0 Å². The number of halogens is 2. The first-order valence-electron chi connectivity index (χ1n) is 7.38. The van der Waals surface area contributed by atoms with Crippen LogP contribution in [0.1, 0.15) is 34.6 Å². The summed E-state index contributed by atoms with van der Waals surface area (Å²) in [6.07, 6.45) is 0.589. The maximum absolute atomic E-state index is 13.0. The highest BCUT2D eigenvalue weighted by Gasteiger charge is 2.27. The number of hydrogen-bond donors (Lipinski definition) is 0. The number of Topliss-reactive ketones (excluding diaryl/α,β-unsaturated/α-hetero) is 1. The molecular formula is C19H15Cl2NO3. The number of carbonyl (C=O) groups excluding carboxylic acids is 3. The van der Waals surface area contributed by atoms with Crippen molar-refractivity contribution in [2.75, 3.05) is 4.90 Å². The third-order valence-electron chi connectivity index (χ3n) is 3.48. The SMILES string of the molecule is CC(=O)N(/C(C(=O)c1ccccc1C=O)=C(/C)Cl)c1cccc(Cl)c1. The van der Waals surface area contributed by atoms with Crippen molar-refractivity contribution in [3.63, 3.8) is 0 Å². The Morgan fingerprint density at radius 1 is 1.04 bits per heavy atom. The summed E-state index contributed by atoms with van der Waals surface area (Å²) in [5.41, 5.74) is 0.774. The average Bonchev–Trinajstić information content (AvgIpc) is 2.58. The van der Waals surface area contributed by atoms with Crippen molar-refractivity contribution < 1.29 is 14.4 Å². The lowest BCUT2D eigenvalue weighted by Crippen LogP contribution is -2.33. The van der Waals surface area contributed by atoms with Gasteiger partial charge in [0.15, 0.2) is 6.29 Å². The lowest BCUT2D eigenvalue weighted by molar-refractivity contribution is -0.116. The monoisotopic (exact) mass is 375 g/mol. The summed E-state index contributed by atoms with van der Waals surface area (Å²) in [6, 6.07) is 12.9. The van der Waals surface area contributed by atoms with Gasteiger partial charge < -0.3 is 0 Å². The van der Waals surface area contributed by atoms with E-state index in [0.29, 0.717) is 17.0 Å². The van der Waals surface area contributed by atoms with Gasteiger partial charge in [0.25, 0.3) is 0 Å². The van der Waals surface area contributed by atoms with E-state index in [1.165, 1.54) is 30.9 Å². The van der Waals surface area contributed by atoms with Gasteiger partial charge in [-0.3, -0.25) is 19.3 Å². The maximum Gasteiger partial charge on any atom is 0.228 e. The molecule has 0 aliphatic rings. The number of anilines is 1. The van der Waals surface area contributed by atoms with Crippen LogP contribution in [0.25, 0.3) is 0 Å². The molecule has 0 radical (unpaired) electrons. The predicted octanol–water partition coefficient (Wildman–Crippen LogP) is 4.86. The molecule has 25 heavy (non-hydrogen) atoms. The first kappa shape index (κ1) is 18.9. The van der Waals surface area contributed by atoms with E-state index in [0.717, 1.165) is 0 Å². The first-order chi connectivity index (χ1) is 11.9. The van der Waals surface area contributed by atoms with Crippen molar-refractivity contribution in [1.29, 1.82) is 0 Å². The number of allylic oxidation sites excluding steroid dienone is 2. The van der Waals surface area contributed by atoms with Crippen molar-refractivity contribution in [1.82, 2.24) is 0 Å². The van der Waals surface area contributed by atoms with E-state index in [4.69, 9.17) is 23.2 Å². The summed E-state index contributed by atoms with van der Waals surface area (Å²) in [5.74, 6) is -0.931. The lowest BCUT2D eigenvalue weighted by atomic mass is 10.0. The normalized spacial score (nSPS) is 11.5. The maximum atomic E-state index is 13.0. The van der Waals surface area contributed by atoms with E-state index in [1.54, 1.807) is 36.4 Å². The van der Waals surface area contributed by atoms with Crippen LogP contribution in [0.4, 0.5) is 5.69 Å². The van der Waals surface area contributed by atoms with E-state index in [9.17, 15) is 14.4 Å². The summed E-state index contributed by atoms with van der Waals surface area (Å²) in [7, 11) is 0. The molecule has 0 saturated heterocycles. The second-order valence-electron chi connectivity index (χ2n) is 5.25. The molecule has 0 unspecified atom stereocenters. The molecule has 128 valence electrons. The molecule has 0 aromatic heterocycles. The number of benzene rings is 2. The number of carbonyl (C=O) groups is 3. The Kier molecular flexibility index (Phi) is 6.12. The van der Waals surface area contributed by atoms with Gasteiger partial charge in [-0.2, -0.15) is 0 Å². The molecule has 0 atom stereocenters. The van der Waals surface area contributed by atoms with Crippen LogP contribution in [0.2, 0.25) is 5.02 Å². The van der Waals surface area contributed by atoms with Crippen LogP contribution in [-0.2, 0) is 4.79 Å². The average molecular weight is 376 g/mol. The zero-order valence-electron chi connectivity index (χ0n) is 13.6. The third kappa shape index (κ3) is 4.16. The van der Waals surface area contributed by atoms with Gasteiger partial charge >= 0.3 is 0 Å². The van der Waals surface area contributed by atoms with Crippen LogP contribution in [0.5, 0.6) is 0 Å². The Morgan fingerprint density at radius 3 is 2.28 bits per heavy atom. The van der Waals surface area contributed by atoms with Crippen molar-refractivity contribution in [3.8, 4) is 0 Å². The highest BCUT2D eigenvalue weighted by Crippen LogP contribution is 2.28. The number of aldehydes is 1. The van der Waals surface area contributed by atoms with Crippen LogP contribution in [0.3, 0.4) is 0 Å². The summed E-state index contributed by atoms with van der Waals surface area (Å²) in [4.78, 5) is 37.7. The molecule has 2 aromatic rings. The van der Waals surface area contributed by atoms with Gasteiger partial charge in [0.2, 0.25) is 11.7 Å². The topological polar surface area (TPSA) is 54.5 Å². The Hall–Kier alpha value is -2.43. The molecule has 2 aromatic carbocycles. The van der Waals surface area contributed by atoms with Gasteiger partial charge in [0.1, 0.15) is 5.70 Å². The van der Waals surface area contributed by atoms with Crippen LogP contribution >= 0.6 is 23.2 Å². The van der Waals surface area contributed by atoms with Gasteiger partial charge in [-0.05, 0) is 25.1 Å². The van der Waals surface area contributed by atoms with E-state index >= 15 is 0 Å². The summed E-state index contributed by atoms with van der Waals surface area (Å²) >= 11 is 12.2. The molecule has 0 saturated carbocycles. The zero-order valence-corrected chi connectivity index (χ0v) is 15.1. The number of nitrogens with zero attached hydrogens (tertiary/aromatic N) is 1. The van der Waals surface area contributed by atoms with Gasteiger partial charge in [0.05, 0.1) is 5.69 Å². The highest BCUT2D eigenvalue weighted by atomic mass is 35.5. The molecule has 6 heteroatoms. The van der Waals surface area contributed by atoms with E-state index in [2.05, 4.69) is 0 Å². The number of hydrogen-bond acceptors (Lipinski definition) is 3. The standard InChI is InChI=1S/C19H15Cl2NO3/c1-12(20)18(19(25)17-9-4-3-6-14(17)11-23)22(13(2)24)16-8-5-7-15(21)10-16/h3-11H,1-2H3/b18-12-. The van der Waals surface area contributed by atoms with Crippen LogP contribution in [0.15, 0.2) is 59.3 Å². The highest BCUT2D eigenvalue weighted by molar-refractivity contribution is 6.34. The van der Waals surface area contributed by atoms with Gasteiger partial charge in [-0.25, -0.2) is 0 Å². The summed E-state index contributed by atoms with van der Waals surface area (Å²) < 4.78 is 0. The van der Waals surface area contributed by atoms with Gasteiger partial charge in [0, 0.05) is 28.1 Å².